The molecular formula is C25H19NO. The molecule has 0 saturated heterocycles. The second kappa shape index (κ2) is 6.40. The van der Waals surface area contributed by atoms with Gasteiger partial charge in [0.1, 0.15) is 11.2 Å². The number of fused-ring (bicyclic) bond motifs is 3. The van der Waals surface area contributed by atoms with Crippen molar-refractivity contribution in [2.75, 3.05) is 0 Å². The summed E-state index contributed by atoms with van der Waals surface area (Å²) in [6.45, 7) is 2.24. The average molecular weight is 349 g/mol. The molecule has 2 heteroatoms. The van der Waals surface area contributed by atoms with Crippen LogP contribution in [0.4, 0.5) is 0 Å². The zero-order chi connectivity index (χ0) is 18.2. The Kier molecular flexibility index (Phi) is 3.75. The highest BCUT2D eigenvalue weighted by molar-refractivity contribution is 6.06. The number of hydrogen-bond donors (Lipinski definition) is 0. The Morgan fingerprint density at radius 2 is 1.52 bits per heavy atom. The van der Waals surface area contributed by atoms with E-state index in [1.54, 1.807) is 0 Å². The van der Waals surface area contributed by atoms with Gasteiger partial charge in [-0.05, 0) is 41.5 Å². The minimum absolute atomic E-state index is 0.270. The summed E-state index contributed by atoms with van der Waals surface area (Å²) in [5.74, 6) is 0.270. The van der Waals surface area contributed by atoms with Crippen molar-refractivity contribution >= 4 is 21.9 Å². The van der Waals surface area contributed by atoms with E-state index in [1.165, 1.54) is 11.1 Å². The quantitative estimate of drug-likeness (QED) is 0.358. The van der Waals surface area contributed by atoms with Crippen LogP contribution in [-0.4, -0.2) is 4.98 Å². The Bertz CT molecular complexity index is 1240. The van der Waals surface area contributed by atoms with Crippen LogP contribution in [0.25, 0.3) is 33.2 Å². The number of pyridine rings is 1. The number of para-hydroxylation sites is 1. The largest absolute Gasteiger partial charge is 0.456 e. The summed E-state index contributed by atoms with van der Waals surface area (Å²) in [5, 5.41) is 2.27. The summed E-state index contributed by atoms with van der Waals surface area (Å²) in [4.78, 5) is 4.74. The van der Waals surface area contributed by atoms with Crippen LogP contribution >= 0.6 is 0 Å². The van der Waals surface area contributed by atoms with Crippen molar-refractivity contribution < 1.29 is 4.42 Å². The second-order valence-electron chi connectivity index (χ2n) is 6.88. The topological polar surface area (TPSA) is 26.0 Å². The first-order chi connectivity index (χ1) is 13.3. The molecule has 0 N–H and O–H groups in total. The minimum Gasteiger partial charge on any atom is -0.456 e. The van der Waals surface area contributed by atoms with Crippen LogP contribution < -0.4 is 0 Å². The van der Waals surface area contributed by atoms with Gasteiger partial charge in [-0.25, -0.2) is 0 Å². The number of rotatable bonds is 3. The number of benzene rings is 3. The van der Waals surface area contributed by atoms with Crippen molar-refractivity contribution in [1.82, 2.24) is 4.98 Å². The fourth-order valence-electron chi connectivity index (χ4n) is 3.80. The van der Waals surface area contributed by atoms with E-state index < -0.39 is 0 Å². The normalized spacial score (nSPS) is 12.5. The third-order valence-corrected chi connectivity index (χ3v) is 5.26. The van der Waals surface area contributed by atoms with Crippen molar-refractivity contribution in [3.63, 3.8) is 0 Å². The van der Waals surface area contributed by atoms with Gasteiger partial charge < -0.3 is 4.42 Å². The monoisotopic (exact) mass is 349 g/mol. The van der Waals surface area contributed by atoms with Gasteiger partial charge in [0.25, 0.3) is 0 Å². The van der Waals surface area contributed by atoms with Crippen LogP contribution in [0.3, 0.4) is 0 Å². The molecule has 0 aliphatic heterocycles. The average Bonchev–Trinajstić information content (AvgIpc) is 3.12. The van der Waals surface area contributed by atoms with Crippen LogP contribution in [-0.2, 0) is 0 Å². The lowest BCUT2D eigenvalue weighted by atomic mass is 9.90. The fraction of sp³-hybridized carbons (Fsp3) is 0.0800. The molecule has 0 saturated carbocycles. The molecule has 0 radical (unpaired) electrons. The number of hydrogen-bond acceptors (Lipinski definition) is 2. The summed E-state index contributed by atoms with van der Waals surface area (Å²) >= 11 is 0. The lowest BCUT2D eigenvalue weighted by Crippen LogP contribution is -2.00. The number of aromatic nitrogens is 1. The highest BCUT2D eigenvalue weighted by atomic mass is 16.3. The molecule has 2 aromatic heterocycles. The zero-order valence-corrected chi connectivity index (χ0v) is 15.1. The van der Waals surface area contributed by atoms with Gasteiger partial charge in [-0.2, -0.15) is 0 Å². The van der Waals surface area contributed by atoms with Crippen molar-refractivity contribution in [3.8, 4) is 11.3 Å². The summed E-state index contributed by atoms with van der Waals surface area (Å²) in [5.41, 5.74) is 6.50. The minimum atomic E-state index is 0.270. The molecule has 5 aromatic rings. The molecule has 130 valence electrons. The molecule has 27 heavy (non-hydrogen) atoms. The molecule has 3 aromatic carbocycles. The highest BCUT2D eigenvalue weighted by Gasteiger charge is 2.16. The van der Waals surface area contributed by atoms with E-state index in [9.17, 15) is 0 Å². The third-order valence-electron chi connectivity index (χ3n) is 5.26. The maximum absolute atomic E-state index is 5.97. The van der Waals surface area contributed by atoms with E-state index in [1.807, 2.05) is 30.5 Å². The van der Waals surface area contributed by atoms with Crippen LogP contribution in [0.1, 0.15) is 24.0 Å². The second-order valence-corrected chi connectivity index (χ2v) is 6.88. The van der Waals surface area contributed by atoms with Gasteiger partial charge in [-0.15, -0.1) is 0 Å². The van der Waals surface area contributed by atoms with Gasteiger partial charge in [-0.1, -0.05) is 61.5 Å². The first-order valence-corrected chi connectivity index (χ1v) is 9.23. The SMILES string of the molecule is CC(c1ccccc1)c1cccnc1-c1ccc2oc3ccccc3c2c1. The van der Waals surface area contributed by atoms with Crippen LogP contribution in [0, 0.1) is 0 Å². The molecule has 0 fully saturated rings. The van der Waals surface area contributed by atoms with Crippen molar-refractivity contribution in [2.45, 2.75) is 12.8 Å². The maximum atomic E-state index is 5.97. The highest BCUT2D eigenvalue weighted by Crippen LogP contribution is 2.35. The lowest BCUT2D eigenvalue weighted by Gasteiger charge is -2.16. The van der Waals surface area contributed by atoms with Gasteiger partial charge in [0.15, 0.2) is 0 Å². The Morgan fingerprint density at radius 1 is 0.741 bits per heavy atom. The first kappa shape index (κ1) is 15.8. The van der Waals surface area contributed by atoms with Gasteiger partial charge in [0.2, 0.25) is 0 Å². The van der Waals surface area contributed by atoms with Crippen LogP contribution in [0.15, 0.2) is 95.5 Å². The van der Waals surface area contributed by atoms with Crippen molar-refractivity contribution in [1.29, 1.82) is 0 Å². The van der Waals surface area contributed by atoms with Crippen molar-refractivity contribution in [3.05, 3.63) is 102 Å². The fourth-order valence-corrected chi connectivity index (χ4v) is 3.80. The zero-order valence-electron chi connectivity index (χ0n) is 15.1. The first-order valence-electron chi connectivity index (χ1n) is 9.23. The number of nitrogens with zero attached hydrogens (tertiary/aromatic N) is 1. The lowest BCUT2D eigenvalue weighted by molar-refractivity contribution is 0.669. The van der Waals surface area contributed by atoms with Gasteiger partial charge in [0, 0.05) is 28.5 Å². The number of furan rings is 1. The van der Waals surface area contributed by atoms with Crippen LogP contribution in [0.2, 0.25) is 0 Å². The predicted octanol–water partition coefficient (Wildman–Crippen LogP) is 6.80. The van der Waals surface area contributed by atoms with Gasteiger partial charge in [-0.3, -0.25) is 4.98 Å². The predicted molar refractivity (Wildman–Crippen MR) is 111 cm³/mol. The van der Waals surface area contributed by atoms with E-state index >= 15 is 0 Å². The molecule has 0 spiro atoms. The standard InChI is InChI=1S/C25H19NO/c1-17(18-8-3-2-4-9-18)20-11-7-15-26-25(20)19-13-14-24-22(16-19)21-10-5-6-12-23(21)27-24/h2-17H,1H3. The maximum Gasteiger partial charge on any atom is 0.135 e. The molecule has 1 unspecified atom stereocenters. The Hall–Kier alpha value is -3.39. The Balaban J connectivity index is 1.68. The molecule has 5 rings (SSSR count). The molecular weight excluding hydrogens is 330 g/mol. The van der Waals surface area contributed by atoms with Gasteiger partial charge >= 0.3 is 0 Å². The summed E-state index contributed by atoms with van der Waals surface area (Å²) in [7, 11) is 0. The smallest absolute Gasteiger partial charge is 0.135 e. The molecule has 2 heterocycles. The van der Waals surface area contributed by atoms with Crippen molar-refractivity contribution in [2.24, 2.45) is 0 Å². The summed E-state index contributed by atoms with van der Waals surface area (Å²) in [6, 6.07) is 29.3. The van der Waals surface area contributed by atoms with Crippen LogP contribution in [0.5, 0.6) is 0 Å². The molecule has 2 nitrogen and oxygen atoms in total. The summed E-state index contributed by atoms with van der Waals surface area (Å²) < 4.78 is 5.97. The third kappa shape index (κ3) is 2.70. The van der Waals surface area contributed by atoms with Gasteiger partial charge in [0.05, 0.1) is 5.69 Å². The van der Waals surface area contributed by atoms with E-state index in [4.69, 9.17) is 9.40 Å². The Morgan fingerprint density at radius 3 is 2.41 bits per heavy atom. The van der Waals surface area contributed by atoms with E-state index in [-0.39, 0.29) is 5.92 Å². The molecule has 0 aliphatic rings. The molecule has 0 aliphatic carbocycles. The summed E-state index contributed by atoms with van der Waals surface area (Å²) in [6.07, 6.45) is 1.87. The molecule has 0 bridgehead atoms. The van der Waals surface area contributed by atoms with E-state index in [0.29, 0.717) is 0 Å². The Labute approximate surface area is 158 Å². The van der Waals surface area contributed by atoms with E-state index in [2.05, 4.69) is 67.6 Å². The molecule has 1 atom stereocenters. The molecule has 0 amide bonds. The van der Waals surface area contributed by atoms with E-state index in [0.717, 1.165) is 33.2 Å².